The van der Waals surface area contributed by atoms with E-state index in [0.29, 0.717) is 6.42 Å². The van der Waals surface area contributed by atoms with Crippen LogP contribution in [0.15, 0.2) is 4.99 Å². The Morgan fingerprint density at radius 3 is 1.92 bits per heavy atom. The van der Waals surface area contributed by atoms with Crippen LogP contribution in [0.1, 0.15) is 26.7 Å². The molecular formula is C14H28N6O6. The van der Waals surface area contributed by atoms with Gasteiger partial charge in [0.25, 0.3) is 0 Å². The van der Waals surface area contributed by atoms with Crippen LogP contribution in [-0.4, -0.2) is 75.9 Å². The maximum absolute atomic E-state index is 12.2. The fraction of sp³-hybridized carbons (Fsp3) is 0.714. The number of nitrogens with two attached hydrogens (primary N) is 3. The van der Waals surface area contributed by atoms with Gasteiger partial charge in [-0.15, -0.1) is 0 Å². The number of aliphatic hydroxyl groups excluding tert-OH is 2. The summed E-state index contributed by atoms with van der Waals surface area (Å²) in [7, 11) is 0. The number of aliphatic hydroxyl groups is 2. The smallest absolute Gasteiger partial charge is 0.328 e. The average Bonchev–Trinajstić information content (AvgIpc) is 2.52. The van der Waals surface area contributed by atoms with E-state index >= 15 is 0 Å². The number of hydrogen-bond donors (Lipinski definition) is 8. The highest BCUT2D eigenvalue weighted by molar-refractivity contribution is 5.92. The summed E-state index contributed by atoms with van der Waals surface area (Å²) in [5.74, 6) is -3.21. The molecule has 5 unspecified atom stereocenters. The van der Waals surface area contributed by atoms with Gasteiger partial charge in [-0.05, 0) is 26.7 Å². The number of rotatable bonds is 11. The predicted octanol–water partition coefficient (Wildman–Crippen LogP) is -3.82. The van der Waals surface area contributed by atoms with Crippen molar-refractivity contribution < 1.29 is 29.7 Å². The third-order valence-electron chi connectivity index (χ3n) is 3.41. The highest BCUT2D eigenvalue weighted by Gasteiger charge is 2.32. The van der Waals surface area contributed by atoms with Gasteiger partial charge in [0.15, 0.2) is 12.0 Å². The van der Waals surface area contributed by atoms with E-state index in [-0.39, 0.29) is 18.9 Å². The molecule has 0 aliphatic heterocycles. The Balaban J connectivity index is 4.79. The van der Waals surface area contributed by atoms with E-state index < -0.39 is 48.1 Å². The molecule has 0 aromatic carbocycles. The van der Waals surface area contributed by atoms with E-state index in [1.54, 1.807) is 0 Å². The lowest BCUT2D eigenvalue weighted by molar-refractivity contribution is -0.145. The summed E-state index contributed by atoms with van der Waals surface area (Å²) in [5.41, 5.74) is 16.0. The van der Waals surface area contributed by atoms with Crippen molar-refractivity contribution in [2.45, 2.75) is 57.0 Å². The fourth-order valence-electron chi connectivity index (χ4n) is 1.95. The van der Waals surface area contributed by atoms with Crippen molar-refractivity contribution in [2.24, 2.45) is 22.2 Å². The minimum absolute atomic E-state index is 0.0834. The van der Waals surface area contributed by atoms with Crippen LogP contribution in [0.3, 0.4) is 0 Å². The lowest BCUT2D eigenvalue weighted by atomic mass is 10.1. The van der Waals surface area contributed by atoms with Crippen LogP contribution >= 0.6 is 0 Å². The van der Waals surface area contributed by atoms with Crippen LogP contribution in [0.25, 0.3) is 0 Å². The highest BCUT2D eigenvalue weighted by atomic mass is 16.4. The molecule has 0 aromatic heterocycles. The van der Waals surface area contributed by atoms with E-state index in [0.717, 1.165) is 0 Å². The third-order valence-corrected chi connectivity index (χ3v) is 3.41. The molecule has 0 heterocycles. The minimum Gasteiger partial charge on any atom is -0.480 e. The number of aliphatic carboxylic acids is 1. The lowest BCUT2D eigenvalue weighted by Gasteiger charge is -2.25. The van der Waals surface area contributed by atoms with Gasteiger partial charge in [0, 0.05) is 6.54 Å². The topological polar surface area (TPSA) is 226 Å². The molecule has 0 radical (unpaired) electrons. The fourth-order valence-corrected chi connectivity index (χ4v) is 1.95. The summed E-state index contributed by atoms with van der Waals surface area (Å²) in [6, 6.07) is -4.01. The van der Waals surface area contributed by atoms with Crippen LogP contribution in [-0.2, 0) is 14.4 Å². The number of guanidine groups is 1. The Kier molecular flexibility index (Phi) is 10.2. The maximum atomic E-state index is 12.2. The molecule has 0 fully saturated rings. The van der Waals surface area contributed by atoms with Gasteiger partial charge in [-0.2, -0.15) is 0 Å². The zero-order valence-corrected chi connectivity index (χ0v) is 14.8. The second-order valence-electron chi connectivity index (χ2n) is 5.85. The first kappa shape index (κ1) is 23.6. The van der Waals surface area contributed by atoms with E-state index in [9.17, 15) is 24.6 Å². The SMILES string of the molecule is CC(O)C(NC(=O)C(NC(=O)C(N)CCCN=C(N)N)C(C)O)C(=O)O. The van der Waals surface area contributed by atoms with Crippen LogP contribution in [0.2, 0.25) is 0 Å². The van der Waals surface area contributed by atoms with Crippen molar-refractivity contribution in [1.29, 1.82) is 0 Å². The molecule has 0 bridgehead atoms. The molecule has 26 heavy (non-hydrogen) atoms. The summed E-state index contributed by atoms with van der Waals surface area (Å²) >= 11 is 0. The number of carboxylic acid groups (broad SMARTS) is 1. The number of amides is 2. The van der Waals surface area contributed by atoms with E-state index in [4.69, 9.17) is 22.3 Å². The zero-order chi connectivity index (χ0) is 20.4. The molecule has 2 amide bonds. The second kappa shape index (κ2) is 11.2. The molecule has 0 aliphatic rings. The number of nitrogens with one attached hydrogen (secondary N) is 2. The standard InChI is InChI=1S/C14H28N6O6/c1-6(21)9(12(24)20-10(7(2)22)13(25)26)19-11(23)8(15)4-3-5-18-14(16)17/h6-10,21-22H,3-5,15H2,1-2H3,(H,19,23)(H,20,24)(H,25,26)(H4,16,17,18). The quantitative estimate of drug-likeness (QED) is 0.100. The van der Waals surface area contributed by atoms with Crippen molar-refractivity contribution in [3.8, 4) is 0 Å². The van der Waals surface area contributed by atoms with Crippen LogP contribution < -0.4 is 27.8 Å². The van der Waals surface area contributed by atoms with Gasteiger partial charge >= 0.3 is 5.97 Å². The Labute approximate surface area is 150 Å². The summed E-state index contributed by atoms with van der Waals surface area (Å²) in [5, 5.41) is 32.4. The average molecular weight is 376 g/mol. The normalized spacial score (nSPS) is 16.5. The van der Waals surface area contributed by atoms with Crippen molar-refractivity contribution in [3.05, 3.63) is 0 Å². The molecule has 0 saturated heterocycles. The lowest BCUT2D eigenvalue weighted by Crippen LogP contribution is -2.59. The molecule has 0 rings (SSSR count). The van der Waals surface area contributed by atoms with Crippen molar-refractivity contribution >= 4 is 23.7 Å². The number of carbonyl (C=O) groups excluding carboxylic acids is 2. The predicted molar refractivity (Wildman–Crippen MR) is 92.7 cm³/mol. The van der Waals surface area contributed by atoms with E-state index in [2.05, 4.69) is 15.6 Å². The maximum Gasteiger partial charge on any atom is 0.328 e. The first-order valence-electron chi connectivity index (χ1n) is 7.98. The largest absolute Gasteiger partial charge is 0.480 e. The second-order valence-corrected chi connectivity index (χ2v) is 5.85. The summed E-state index contributed by atoms with van der Waals surface area (Å²) < 4.78 is 0. The molecule has 5 atom stereocenters. The molecule has 11 N–H and O–H groups in total. The summed E-state index contributed by atoms with van der Waals surface area (Å²) in [4.78, 5) is 39.0. The van der Waals surface area contributed by atoms with Gasteiger partial charge in [0.1, 0.15) is 6.04 Å². The van der Waals surface area contributed by atoms with E-state index in [1.165, 1.54) is 13.8 Å². The van der Waals surface area contributed by atoms with Gasteiger partial charge < -0.3 is 43.2 Å². The molecule has 0 spiro atoms. The number of hydrogen-bond acceptors (Lipinski definition) is 7. The van der Waals surface area contributed by atoms with Gasteiger partial charge in [0.05, 0.1) is 18.2 Å². The van der Waals surface area contributed by atoms with E-state index in [1.807, 2.05) is 0 Å². The van der Waals surface area contributed by atoms with Crippen LogP contribution in [0.5, 0.6) is 0 Å². The van der Waals surface area contributed by atoms with Crippen LogP contribution in [0.4, 0.5) is 0 Å². The molecular weight excluding hydrogens is 348 g/mol. The first-order chi connectivity index (χ1) is 12.0. The Morgan fingerprint density at radius 1 is 1.00 bits per heavy atom. The van der Waals surface area contributed by atoms with Crippen molar-refractivity contribution in [1.82, 2.24) is 10.6 Å². The van der Waals surface area contributed by atoms with Gasteiger partial charge in [-0.25, -0.2) is 4.79 Å². The Bertz CT molecular complexity index is 520. The number of aliphatic imine (C=N–C) groups is 1. The summed E-state index contributed by atoms with van der Waals surface area (Å²) in [6.45, 7) is 2.70. The first-order valence-corrected chi connectivity index (χ1v) is 7.98. The number of carboxylic acids is 1. The number of nitrogens with zero attached hydrogens (tertiary/aromatic N) is 1. The third kappa shape index (κ3) is 8.60. The van der Waals surface area contributed by atoms with Crippen LogP contribution in [0, 0.1) is 0 Å². The molecule has 0 saturated carbocycles. The molecule has 12 nitrogen and oxygen atoms in total. The molecule has 0 aliphatic carbocycles. The monoisotopic (exact) mass is 376 g/mol. The van der Waals surface area contributed by atoms with Gasteiger partial charge in [0.2, 0.25) is 11.8 Å². The molecule has 12 heteroatoms. The van der Waals surface area contributed by atoms with Gasteiger partial charge in [-0.1, -0.05) is 0 Å². The Hall–Kier alpha value is -2.44. The van der Waals surface area contributed by atoms with Crippen molar-refractivity contribution in [3.63, 3.8) is 0 Å². The van der Waals surface area contributed by atoms with Gasteiger partial charge in [-0.3, -0.25) is 14.6 Å². The Morgan fingerprint density at radius 2 is 1.50 bits per heavy atom. The molecule has 150 valence electrons. The summed E-state index contributed by atoms with van der Waals surface area (Å²) in [6.07, 6.45) is -2.06. The number of carbonyl (C=O) groups is 3. The zero-order valence-electron chi connectivity index (χ0n) is 14.8. The van der Waals surface area contributed by atoms with Crippen molar-refractivity contribution in [2.75, 3.05) is 6.54 Å². The minimum atomic E-state index is -1.59. The highest BCUT2D eigenvalue weighted by Crippen LogP contribution is 2.01. The molecule has 0 aromatic rings.